The van der Waals surface area contributed by atoms with Crippen molar-refractivity contribution in [1.82, 2.24) is 19.7 Å². The molecule has 3 rings (SSSR count). The van der Waals surface area contributed by atoms with Gasteiger partial charge in [0.25, 0.3) is 0 Å². The van der Waals surface area contributed by atoms with Crippen molar-refractivity contribution in [3.63, 3.8) is 0 Å². The summed E-state index contributed by atoms with van der Waals surface area (Å²) in [7, 11) is 3.54. The number of ether oxygens (including phenoxy) is 1. The Balaban J connectivity index is 0.00000225. The molecule has 0 bridgehead atoms. The highest BCUT2D eigenvalue weighted by atomic mass is 35.5. The van der Waals surface area contributed by atoms with E-state index < -0.39 is 0 Å². The van der Waals surface area contributed by atoms with Gasteiger partial charge in [-0.25, -0.2) is 0 Å². The normalized spacial score (nSPS) is 10.5. The van der Waals surface area contributed by atoms with Gasteiger partial charge < -0.3 is 15.4 Å². The molecular weight excluding hydrogens is 340 g/mol. The molecule has 0 aliphatic carbocycles. The zero-order chi connectivity index (χ0) is 16.9. The van der Waals surface area contributed by atoms with Crippen molar-refractivity contribution in [2.75, 3.05) is 30.9 Å². The van der Waals surface area contributed by atoms with Gasteiger partial charge in [-0.1, -0.05) is 24.3 Å². The zero-order valence-electron chi connectivity index (χ0n) is 14.6. The maximum Gasteiger partial charge on any atom is 0.226 e. The summed E-state index contributed by atoms with van der Waals surface area (Å²) in [4.78, 5) is 9.11. The molecule has 25 heavy (non-hydrogen) atoms. The lowest BCUT2D eigenvalue weighted by atomic mass is 10.1. The van der Waals surface area contributed by atoms with E-state index in [1.54, 1.807) is 18.0 Å². The average Bonchev–Trinajstić information content (AvgIpc) is 2.96. The molecule has 0 unspecified atom stereocenters. The number of nitrogens with one attached hydrogen (secondary N) is 2. The molecule has 0 aliphatic heterocycles. The van der Waals surface area contributed by atoms with Crippen LogP contribution in [0.15, 0.2) is 30.5 Å². The van der Waals surface area contributed by atoms with Gasteiger partial charge >= 0.3 is 0 Å². The molecule has 1 aromatic carbocycles. The fourth-order valence-corrected chi connectivity index (χ4v) is 2.49. The minimum Gasteiger partial charge on any atom is -0.383 e. The van der Waals surface area contributed by atoms with Gasteiger partial charge in [-0.05, 0) is 18.1 Å². The number of methoxy groups -OCH3 is 1. The second kappa shape index (κ2) is 8.64. The van der Waals surface area contributed by atoms with Crippen LogP contribution in [0.4, 0.5) is 11.8 Å². The molecule has 2 heterocycles. The third kappa shape index (κ3) is 4.37. The Morgan fingerprint density at radius 2 is 1.96 bits per heavy atom. The highest BCUT2D eigenvalue weighted by Crippen LogP contribution is 2.22. The number of halogens is 1. The maximum absolute atomic E-state index is 5.06. The molecule has 0 atom stereocenters. The SMILES string of the molecule is COCCNc1nc(NCc2ccccc2C)c2cnn(C)c2n1.Cl. The molecule has 3 aromatic rings. The number of anilines is 2. The molecule has 0 fully saturated rings. The monoisotopic (exact) mass is 362 g/mol. The Morgan fingerprint density at radius 3 is 2.72 bits per heavy atom. The van der Waals surface area contributed by atoms with Crippen LogP contribution in [0.5, 0.6) is 0 Å². The first-order valence-corrected chi connectivity index (χ1v) is 7.90. The molecule has 2 aromatic heterocycles. The first kappa shape index (κ1) is 19.0. The lowest BCUT2D eigenvalue weighted by molar-refractivity contribution is 0.210. The minimum atomic E-state index is 0. The number of hydrogen-bond acceptors (Lipinski definition) is 6. The van der Waals surface area contributed by atoms with E-state index >= 15 is 0 Å². The van der Waals surface area contributed by atoms with Gasteiger partial charge in [0.15, 0.2) is 5.65 Å². The summed E-state index contributed by atoms with van der Waals surface area (Å²) in [5.74, 6) is 1.34. The van der Waals surface area contributed by atoms with E-state index in [1.807, 2.05) is 19.2 Å². The summed E-state index contributed by atoms with van der Waals surface area (Å²) in [5.41, 5.74) is 3.28. The lowest BCUT2D eigenvalue weighted by Gasteiger charge is -2.11. The summed E-state index contributed by atoms with van der Waals surface area (Å²) in [6.07, 6.45) is 1.79. The van der Waals surface area contributed by atoms with Gasteiger partial charge in [-0.15, -0.1) is 12.4 Å². The van der Waals surface area contributed by atoms with Gasteiger partial charge in [-0.3, -0.25) is 4.68 Å². The second-order valence-electron chi connectivity index (χ2n) is 5.60. The molecule has 0 aliphatic rings. The van der Waals surface area contributed by atoms with Crippen LogP contribution in [0.25, 0.3) is 11.0 Å². The Morgan fingerprint density at radius 1 is 1.16 bits per heavy atom. The van der Waals surface area contributed by atoms with Gasteiger partial charge in [0, 0.05) is 27.2 Å². The smallest absolute Gasteiger partial charge is 0.226 e. The fourth-order valence-electron chi connectivity index (χ4n) is 2.49. The minimum absolute atomic E-state index is 0. The van der Waals surface area contributed by atoms with Gasteiger partial charge in [-0.2, -0.15) is 15.1 Å². The molecule has 2 N–H and O–H groups in total. The van der Waals surface area contributed by atoms with Crippen LogP contribution in [0, 0.1) is 6.92 Å². The molecule has 0 saturated heterocycles. The van der Waals surface area contributed by atoms with Crippen LogP contribution < -0.4 is 10.6 Å². The Hall–Kier alpha value is -2.38. The highest BCUT2D eigenvalue weighted by molar-refractivity contribution is 5.87. The first-order chi connectivity index (χ1) is 11.7. The summed E-state index contributed by atoms with van der Waals surface area (Å²) >= 11 is 0. The Bertz CT molecular complexity index is 835. The molecule has 0 amide bonds. The molecule has 8 heteroatoms. The van der Waals surface area contributed by atoms with Crippen LogP contribution in [0.3, 0.4) is 0 Å². The van der Waals surface area contributed by atoms with Crippen LogP contribution in [0.1, 0.15) is 11.1 Å². The number of fused-ring (bicyclic) bond motifs is 1. The molecule has 134 valence electrons. The predicted molar refractivity (Wildman–Crippen MR) is 102 cm³/mol. The van der Waals surface area contributed by atoms with Crippen LogP contribution >= 0.6 is 12.4 Å². The van der Waals surface area contributed by atoms with Crippen molar-refractivity contribution in [3.05, 3.63) is 41.6 Å². The number of rotatable bonds is 7. The summed E-state index contributed by atoms with van der Waals surface area (Å²) in [6.45, 7) is 4.05. The van der Waals surface area contributed by atoms with E-state index in [1.165, 1.54) is 11.1 Å². The molecule has 0 radical (unpaired) electrons. The number of benzene rings is 1. The molecule has 0 spiro atoms. The Kier molecular flexibility index (Phi) is 6.55. The topological polar surface area (TPSA) is 76.9 Å². The van der Waals surface area contributed by atoms with Crippen molar-refractivity contribution in [2.24, 2.45) is 7.05 Å². The van der Waals surface area contributed by atoms with E-state index in [0.717, 1.165) is 16.9 Å². The van der Waals surface area contributed by atoms with E-state index in [2.05, 4.69) is 44.8 Å². The van der Waals surface area contributed by atoms with Crippen molar-refractivity contribution in [2.45, 2.75) is 13.5 Å². The van der Waals surface area contributed by atoms with Crippen LogP contribution in [-0.2, 0) is 18.3 Å². The summed E-state index contributed by atoms with van der Waals surface area (Å²) in [5, 5.41) is 11.8. The third-order valence-electron chi connectivity index (χ3n) is 3.89. The number of nitrogens with zero attached hydrogens (tertiary/aromatic N) is 4. The van der Waals surface area contributed by atoms with E-state index in [-0.39, 0.29) is 12.4 Å². The zero-order valence-corrected chi connectivity index (χ0v) is 15.4. The maximum atomic E-state index is 5.06. The van der Waals surface area contributed by atoms with Crippen LogP contribution in [0.2, 0.25) is 0 Å². The lowest BCUT2D eigenvalue weighted by Crippen LogP contribution is -2.12. The number of aromatic nitrogens is 4. The fraction of sp³-hybridized carbons (Fsp3) is 0.353. The largest absolute Gasteiger partial charge is 0.383 e. The van der Waals surface area contributed by atoms with E-state index in [0.29, 0.717) is 25.6 Å². The second-order valence-corrected chi connectivity index (χ2v) is 5.60. The summed E-state index contributed by atoms with van der Waals surface area (Å²) in [6, 6.07) is 8.30. The molecule has 0 saturated carbocycles. The van der Waals surface area contributed by atoms with E-state index in [4.69, 9.17) is 4.74 Å². The van der Waals surface area contributed by atoms with Gasteiger partial charge in [0.1, 0.15) is 5.82 Å². The van der Waals surface area contributed by atoms with Crippen molar-refractivity contribution < 1.29 is 4.74 Å². The van der Waals surface area contributed by atoms with Crippen LogP contribution in [-0.4, -0.2) is 40.0 Å². The standard InChI is InChI=1S/C17H22N6O.ClH/c1-12-6-4-5-7-13(12)10-19-15-14-11-20-23(2)16(14)22-17(21-15)18-8-9-24-3;/h4-7,11H,8-10H2,1-3H3,(H2,18,19,21,22);1H. The Labute approximate surface area is 153 Å². The van der Waals surface area contributed by atoms with Gasteiger partial charge in [0.2, 0.25) is 5.95 Å². The average molecular weight is 363 g/mol. The number of hydrogen-bond donors (Lipinski definition) is 2. The quantitative estimate of drug-likeness (QED) is 0.629. The van der Waals surface area contributed by atoms with Crippen molar-refractivity contribution >= 4 is 35.2 Å². The van der Waals surface area contributed by atoms with Crippen molar-refractivity contribution in [1.29, 1.82) is 0 Å². The van der Waals surface area contributed by atoms with Crippen molar-refractivity contribution in [3.8, 4) is 0 Å². The molecular formula is C17H23ClN6O. The first-order valence-electron chi connectivity index (χ1n) is 7.90. The predicted octanol–water partition coefficient (Wildman–Crippen LogP) is 2.76. The molecule has 7 nitrogen and oxygen atoms in total. The third-order valence-corrected chi connectivity index (χ3v) is 3.89. The summed E-state index contributed by atoms with van der Waals surface area (Å²) < 4.78 is 6.80. The number of aryl methyl sites for hydroxylation is 2. The van der Waals surface area contributed by atoms with Gasteiger partial charge in [0.05, 0.1) is 18.2 Å². The van der Waals surface area contributed by atoms with E-state index in [9.17, 15) is 0 Å². The highest BCUT2D eigenvalue weighted by Gasteiger charge is 2.11.